The van der Waals surface area contributed by atoms with Gasteiger partial charge in [0.15, 0.2) is 5.96 Å². The van der Waals surface area contributed by atoms with Crippen LogP contribution in [0.3, 0.4) is 0 Å². The van der Waals surface area contributed by atoms with Gasteiger partial charge in [0.05, 0.1) is 0 Å². The third kappa shape index (κ3) is 4.49. The quantitative estimate of drug-likeness (QED) is 0.454. The maximum Gasteiger partial charge on any atom is 0.191 e. The van der Waals surface area contributed by atoms with Crippen molar-refractivity contribution in [1.82, 2.24) is 4.90 Å². The van der Waals surface area contributed by atoms with Crippen LogP contribution in [0.15, 0.2) is 29.3 Å². The van der Waals surface area contributed by atoms with E-state index in [1.165, 1.54) is 31.4 Å². The Morgan fingerprint density at radius 2 is 1.78 bits per heavy atom. The van der Waals surface area contributed by atoms with Crippen LogP contribution in [0.5, 0.6) is 0 Å². The van der Waals surface area contributed by atoms with Gasteiger partial charge < -0.3 is 15.5 Å². The van der Waals surface area contributed by atoms with Gasteiger partial charge in [0.25, 0.3) is 0 Å². The van der Waals surface area contributed by atoms with Crippen molar-refractivity contribution in [1.29, 1.82) is 0 Å². The molecule has 1 aliphatic heterocycles. The number of rotatable bonds is 3. The zero-order valence-corrected chi connectivity index (χ0v) is 16.0. The normalized spacial score (nSPS) is 20.7. The summed E-state index contributed by atoms with van der Waals surface area (Å²) < 4.78 is 13.0. The smallest absolute Gasteiger partial charge is 0.191 e. The minimum atomic E-state index is -0.191. The average molecular weight is 432 g/mol. The molecular formula is C17H26FIN4. The molecule has 0 unspecified atom stereocenters. The Morgan fingerprint density at radius 3 is 2.30 bits per heavy atom. The lowest BCUT2D eigenvalue weighted by Crippen LogP contribution is -2.51. The van der Waals surface area contributed by atoms with E-state index >= 15 is 0 Å². The van der Waals surface area contributed by atoms with Crippen LogP contribution >= 0.6 is 24.0 Å². The van der Waals surface area contributed by atoms with Crippen LogP contribution in [0.25, 0.3) is 0 Å². The topological polar surface area (TPSA) is 44.9 Å². The van der Waals surface area contributed by atoms with E-state index < -0.39 is 0 Å². The summed E-state index contributed by atoms with van der Waals surface area (Å²) in [5.74, 6) is 0.482. The summed E-state index contributed by atoms with van der Waals surface area (Å²) in [6, 6.07) is 6.69. The maximum atomic E-state index is 13.0. The highest BCUT2D eigenvalue weighted by Crippen LogP contribution is 2.40. The Hall–Kier alpha value is -1.05. The number of halogens is 2. The lowest BCUT2D eigenvalue weighted by atomic mass is 9.71. The van der Waals surface area contributed by atoms with Gasteiger partial charge in [-0.3, -0.25) is 4.99 Å². The third-order valence-corrected chi connectivity index (χ3v) is 4.98. The summed E-state index contributed by atoms with van der Waals surface area (Å²) in [6.07, 6.45) is 3.85. The lowest BCUT2D eigenvalue weighted by molar-refractivity contribution is 0.173. The molecule has 2 N–H and O–H groups in total. The monoisotopic (exact) mass is 432 g/mol. The van der Waals surface area contributed by atoms with Gasteiger partial charge in [0.1, 0.15) is 5.82 Å². The summed E-state index contributed by atoms with van der Waals surface area (Å²) in [5, 5.41) is 0. The van der Waals surface area contributed by atoms with E-state index in [1.807, 2.05) is 12.1 Å². The van der Waals surface area contributed by atoms with Crippen LogP contribution in [-0.4, -0.2) is 43.6 Å². The molecule has 1 aromatic rings. The predicted octanol–water partition coefficient (Wildman–Crippen LogP) is 3.07. The fourth-order valence-corrected chi connectivity index (χ4v) is 3.16. The number of hydrogen-bond donors (Lipinski definition) is 1. The molecule has 23 heavy (non-hydrogen) atoms. The van der Waals surface area contributed by atoms with E-state index in [-0.39, 0.29) is 29.8 Å². The molecule has 0 spiro atoms. The highest BCUT2D eigenvalue weighted by Gasteiger charge is 2.31. The Kier molecular flexibility index (Phi) is 6.11. The average Bonchev–Trinajstić information content (AvgIpc) is 2.52. The SMILES string of the molecule is CC1(CN=C(N)N2CCN(c3ccc(F)cc3)CC2)CCC1.I. The highest BCUT2D eigenvalue weighted by molar-refractivity contribution is 14.0. The number of aliphatic imine (C=N–C) groups is 1. The second kappa shape index (κ2) is 7.68. The van der Waals surface area contributed by atoms with E-state index in [4.69, 9.17) is 5.73 Å². The Bertz CT molecular complexity index is 534. The molecule has 2 aliphatic rings. The van der Waals surface area contributed by atoms with Crippen LogP contribution in [0.2, 0.25) is 0 Å². The minimum Gasteiger partial charge on any atom is -0.370 e. The van der Waals surface area contributed by atoms with Gasteiger partial charge in [-0.25, -0.2) is 4.39 Å². The van der Waals surface area contributed by atoms with Gasteiger partial charge in [-0.1, -0.05) is 13.3 Å². The number of nitrogens with zero attached hydrogens (tertiary/aromatic N) is 3. The van der Waals surface area contributed by atoms with Crippen LogP contribution in [0.1, 0.15) is 26.2 Å². The number of guanidine groups is 1. The number of hydrogen-bond acceptors (Lipinski definition) is 2. The van der Waals surface area contributed by atoms with E-state index in [0.717, 1.165) is 38.4 Å². The molecule has 3 rings (SSSR count). The molecular weight excluding hydrogens is 406 g/mol. The standard InChI is InChI=1S/C17H25FN4.HI/c1-17(7-2-8-17)13-20-16(19)22-11-9-21(10-12-22)15-5-3-14(18)4-6-15;/h3-6H,2,7-13H2,1H3,(H2,19,20);1H. The fraction of sp³-hybridized carbons (Fsp3) is 0.588. The van der Waals surface area contributed by atoms with E-state index in [2.05, 4.69) is 21.7 Å². The molecule has 2 fully saturated rings. The molecule has 1 saturated heterocycles. The van der Waals surface area contributed by atoms with Crippen molar-refractivity contribution in [3.8, 4) is 0 Å². The molecule has 0 radical (unpaired) electrons. The predicted molar refractivity (Wildman–Crippen MR) is 104 cm³/mol. The lowest BCUT2D eigenvalue weighted by Gasteiger charge is -2.39. The van der Waals surface area contributed by atoms with Gasteiger partial charge in [0.2, 0.25) is 0 Å². The largest absolute Gasteiger partial charge is 0.370 e. The van der Waals surface area contributed by atoms with Crippen LogP contribution < -0.4 is 10.6 Å². The van der Waals surface area contributed by atoms with Gasteiger partial charge in [-0.2, -0.15) is 0 Å². The number of nitrogens with two attached hydrogens (primary N) is 1. The van der Waals surface area contributed by atoms with Crippen molar-refractivity contribution in [2.24, 2.45) is 16.1 Å². The Morgan fingerprint density at radius 1 is 1.17 bits per heavy atom. The van der Waals surface area contributed by atoms with Crippen LogP contribution in [0, 0.1) is 11.2 Å². The van der Waals surface area contributed by atoms with Crippen molar-refractivity contribution < 1.29 is 4.39 Å². The van der Waals surface area contributed by atoms with E-state index in [9.17, 15) is 4.39 Å². The van der Waals surface area contributed by atoms with Crippen molar-refractivity contribution >= 4 is 35.6 Å². The Balaban J connectivity index is 0.00000192. The maximum absolute atomic E-state index is 13.0. The van der Waals surface area contributed by atoms with E-state index in [1.54, 1.807) is 0 Å². The molecule has 0 atom stereocenters. The number of anilines is 1. The zero-order chi connectivity index (χ0) is 15.6. The fourth-order valence-electron chi connectivity index (χ4n) is 3.16. The molecule has 0 amide bonds. The first-order chi connectivity index (χ1) is 10.6. The molecule has 6 heteroatoms. The van der Waals surface area contributed by atoms with Crippen molar-refractivity contribution in [2.75, 3.05) is 37.6 Å². The van der Waals surface area contributed by atoms with Gasteiger partial charge in [-0.05, 0) is 42.5 Å². The van der Waals surface area contributed by atoms with Crippen molar-refractivity contribution in [2.45, 2.75) is 26.2 Å². The second-order valence-corrected chi connectivity index (χ2v) is 6.79. The van der Waals surface area contributed by atoms with E-state index in [0.29, 0.717) is 11.4 Å². The van der Waals surface area contributed by atoms with Crippen molar-refractivity contribution in [3.63, 3.8) is 0 Å². The molecule has 0 aromatic heterocycles. The third-order valence-electron chi connectivity index (χ3n) is 4.98. The molecule has 1 heterocycles. The highest BCUT2D eigenvalue weighted by atomic mass is 127. The molecule has 4 nitrogen and oxygen atoms in total. The van der Waals surface area contributed by atoms with Gasteiger partial charge in [0, 0.05) is 38.4 Å². The summed E-state index contributed by atoms with van der Waals surface area (Å²) >= 11 is 0. The minimum absolute atomic E-state index is 0. The first-order valence-corrected chi connectivity index (χ1v) is 8.11. The molecule has 1 saturated carbocycles. The zero-order valence-electron chi connectivity index (χ0n) is 13.7. The van der Waals surface area contributed by atoms with Crippen LogP contribution in [0.4, 0.5) is 10.1 Å². The second-order valence-electron chi connectivity index (χ2n) is 6.79. The number of piperazine rings is 1. The summed E-state index contributed by atoms with van der Waals surface area (Å²) in [7, 11) is 0. The van der Waals surface area contributed by atoms with Gasteiger partial charge in [-0.15, -0.1) is 24.0 Å². The number of benzene rings is 1. The summed E-state index contributed by atoms with van der Waals surface area (Å²) in [4.78, 5) is 9.02. The van der Waals surface area contributed by atoms with Gasteiger partial charge >= 0.3 is 0 Å². The van der Waals surface area contributed by atoms with Crippen molar-refractivity contribution in [3.05, 3.63) is 30.1 Å². The van der Waals surface area contributed by atoms with Crippen LogP contribution in [-0.2, 0) is 0 Å². The molecule has 0 bridgehead atoms. The molecule has 1 aromatic carbocycles. The Labute approximate surface area is 154 Å². The first kappa shape index (κ1) is 18.3. The summed E-state index contributed by atoms with van der Waals surface area (Å²) in [6.45, 7) is 6.64. The molecule has 1 aliphatic carbocycles. The first-order valence-electron chi connectivity index (χ1n) is 8.11. The molecule has 128 valence electrons. The summed E-state index contributed by atoms with van der Waals surface area (Å²) in [5.41, 5.74) is 7.59.